The summed E-state index contributed by atoms with van der Waals surface area (Å²) >= 11 is 0. The molecule has 0 spiro atoms. The van der Waals surface area contributed by atoms with Crippen molar-refractivity contribution >= 4 is 12.0 Å². The molecule has 1 heterocycles. The van der Waals surface area contributed by atoms with Crippen LogP contribution in [0.4, 0.5) is 0 Å². The van der Waals surface area contributed by atoms with Gasteiger partial charge in [0.25, 0.3) is 5.91 Å². The van der Waals surface area contributed by atoms with E-state index in [0.717, 1.165) is 37.2 Å². The van der Waals surface area contributed by atoms with Gasteiger partial charge in [0.2, 0.25) is 0 Å². The van der Waals surface area contributed by atoms with E-state index in [1.54, 1.807) is 13.2 Å². The van der Waals surface area contributed by atoms with Crippen molar-refractivity contribution in [1.29, 1.82) is 0 Å². The lowest BCUT2D eigenvalue weighted by atomic mass is 10.1. The molecule has 0 radical (unpaired) electrons. The molecule has 1 aliphatic heterocycles. The smallest absolute Gasteiger partial charge is 0.269 e. The molecular formula is C15H20N2O2. The van der Waals surface area contributed by atoms with Crippen molar-refractivity contribution in [2.75, 3.05) is 20.2 Å². The minimum absolute atomic E-state index is 0.0781. The predicted molar refractivity (Wildman–Crippen MR) is 75.6 cm³/mol. The lowest BCUT2D eigenvalue weighted by molar-refractivity contribution is -0.127. The van der Waals surface area contributed by atoms with Crippen LogP contribution in [0.2, 0.25) is 0 Å². The summed E-state index contributed by atoms with van der Waals surface area (Å²) in [4.78, 5) is 14.0. The van der Waals surface area contributed by atoms with Crippen molar-refractivity contribution in [3.63, 3.8) is 0 Å². The maximum Gasteiger partial charge on any atom is 0.269 e. The molecule has 1 saturated heterocycles. The number of nitrogens with two attached hydrogens (primary N) is 1. The van der Waals surface area contributed by atoms with Crippen LogP contribution in [-0.2, 0) is 4.79 Å². The number of piperidine rings is 1. The average Bonchev–Trinajstić information content (AvgIpc) is 2.48. The molecule has 1 fully saturated rings. The van der Waals surface area contributed by atoms with Gasteiger partial charge >= 0.3 is 0 Å². The fourth-order valence-electron chi connectivity index (χ4n) is 2.29. The Kier molecular flexibility index (Phi) is 4.44. The van der Waals surface area contributed by atoms with Crippen molar-refractivity contribution in [1.82, 2.24) is 4.90 Å². The van der Waals surface area contributed by atoms with Crippen LogP contribution in [0.25, 0.3) is 6.08 Å². The third-order valence-electron chi connectivity index (χ3n) is 3.34. The summed E-state index contributed by atoms with van der Waals surface area (Å²) in [7, 11) is 1.61. The van der Waals surface area contributed by atoms with Crippen LogP contribution in [0.15, 0.2) is 30.0 Å². The number of methoxy groups -OCH3 is 1. The van der Waals surface area contributed by atoms with E-state index in [1.807, 2.05) is 29.2 Å². The second-order valence-electron chi connectivity index (χ2n) is 4.69. The topological polar surface area (TPSA) is 55.6 Å². The molecule has 0 saturated carbocycles. The van der Waals surface area contributed by atoms with Gasteiger partial charge in [0.05, 0.1) is 12.8 Å². The molecule has 2 rings (SSSR count). The molecular weight excluding hydrogens is 240 g/mol. The lowest BCUT2D eigenvalue weighted by Crippen LogP contribution is -2.38. The number of hydrogen-bond acceptors (Lipinski definition) is 3. The van der Waals surface area contributed by atoms with E-state index >= 15 is 0 Å². The zero-order chi connectivity index (χ0) is 13.7. The number of benzene rings is 1. The number of para-hydroxylation sites is 1. The molecule has 0 bridgehead atoms. The highest BCUT2D eigenvalue weighted by atomic mass is 16.5. The van der Waals surface area contributed by atoms with Crippen LogP contribution >= 0.6 is 0 Å². The highest BCUT2D eigenvalue weighted by Gasteiger charge is 2.18. The summed E-state index contributed by atoms with van der Waals surface area (Å²) in [5, 5.41) is 0. The third kappa shape index (κ3) is 3.28. The zero-order valence-electron chi connectivity index (χ0n) is 11.3. The summed E-state index contributed by atoms with van der Waals surface area (Å²) < 4.78 is 5.25. The summed E-state index contributed by atoms with van der Waals surface area (Å²) in [6.07, 6.45) is 5.01. The molecule has 0 unspecified atom stereocenters. The molecule has 1 aromatic carbocycles. The first-order chi connectivity index (χ1) is 9.22. The Morgan fingerprint density at radius 3 is 2.63 bits per heavy atom. The molecule has 4 heteroatoms. The SMILES string of the molecule is COc1ccccc1C=C(N)C(=O)N1CCCCC1. The van der Waals surface area contributed by atoms with Crippen molar-refractivity contribution < 1.29 is 9.53 Å². The second-order valence-corrected chi connectivity index (χ2v) is 4.69. The van der Waals surface area contributed by atoms with E-state index in [1.165, 1.54) is 6.42 Å². The Labute approximate surface area is 113 Å². The van der Waals surface area contributed by atoms with E-state index in [4.69, 9.17) is 10.5 Å². The molecule has 19 heavy (non-hydrogen) atoms. The van der Waals surface area contributed by atoms with Gasteiger partial charge in [-0.1, -0.05) is 18.2 Å². The Balaban J connectivity index is 2.15. The molecule has 2 N–H and O–H groups in total. The quantitative estimate of drug-likeness (QED) is 0.846. The molecule has 0 aromatic heterocycles. The first-order valence-electron chi connectivity index (χ1n) is 6.62. The van der Waals surface area contributed by atoms with Gasteiger partial charge in [0, 0.05) is 18.7 Å². The standard InChI is InChI=1S/C15H20N2O2/c1-19-14-8-4-3-7-12(14)11-13(16)15(18)17-9-5-2-6-10-17/h3-4,7-8,11H,2,5-6,9-10,16H2,1H3. The zero-order valence-corrected chi connectivity index (χ0v) is 11.3. The third-order valence-corrected chi connectivity index (χ3v) is 3.34. The Hall–Kier alpha value is -1.97. The van der Waals surface area contributed by atoms with Gasteiger partial charge in [-0.15, -0.1) is 0 Å². The maximum absolute atomic E-state index is 12.2. The largest absolute Gasteiger partial charge is 0.496 e. The molecule has 102 valence electrons. The molecule has 1 amide bonds. The lowest BCUT2D eigenvalue weighted by Gasteiger charge is -2.26. The van der Waals surface area contributed by atoms with Gasteiger partial charge in [0.15, 0.2) is 0 Å². The fourth-order valence-corrected chi connectivity index (χ4v) is 2.29. The van der Waals surface area contributed by atoms with Crippen LogP contribution in [0.3, 0.4) is 0 Å². The monoisotopic (exact) mass is 260 g/mol. The fraction of sp³-hybridized carbons (Fsp3) is 0.400. The van der Waals surface area contributed by atoms with Crippen LogP contribution < -0.4 is 10.5 Å². The van der Waals surface area contributed by atoms with E-state index in [9.17, 15) is 4.79 Å². The minimum atomic E-state index is -0.0781. The second kappa shape index (κ2) is 6.27. The highest BCUT2D eigenvalue weighted by molar-refractivity contribution is 5.97. The number of likely N-dealkylation sites (tertiary alicyclic amines) is 1. The first-order valence-corrected chi connectivity index (χ1v) is 6.62. The van der Waals surface area contributed by atoms with E-state index < -0.39 is 0 Å². The Morgan fingerprint density at radius 1 is 1.26 bits per heavy atom. The molecule has 4 nitrogen and oxygen atoms in total. The van der Waals surface area contributed by atoms with Crippen LogP contribution in [0, 0.1) is 0 Å². The normalized spacial score (nSPS) is 16.3. The Morgan fingerprint density at radius 2 is 1.95 bits per heavy atom. The van der Waals surface area contributed by atoms with Gasteiger partial charge in [-0.25, -0.2) is 0 Å². The summed E-state index contributed by atoms with van der Waals surface area (Å²) in [5.41, 5.74) is 7.01. The summed E-state index contributed by atoms with van der Waals surface area (Å²) in [6.45, 7) is 1.61. The number of amides is 1. The minimum Gasteiger partial charge on any atom is -0.496 e. The van der Waals surface area contributed by atoms with Crippen LogP contribution in [0.5, 0.6) is 5.75 Å². The number of nitrogens with zero attached hydrogens (tertiary/aromatic N) is 1. The number of carbonyl (C=O) groups excluding carboxylic acids is 1. The summed E-state index contributed by atoms with van der Waals surface area (Å²) in [5.74, 6) is 0.641. The van der Waals surface area contributed by atoms with E-state index in [-0.39, 0.29) is 11.6 Å². The average molecular weight is 260 g/mol. The van der Waals surface area contributed by atoms with Gasteiger partial charge < -0.3 is 15.4 Å². The van der Waals surface area contributed by atoms with E-state index in [0.29, 0.717) is 0 Å². The number of hydrogen-bond donors (Lipinski definition) is 1. The van der Waals surface area contributed by atoms with E-state index in [2.05, 4.69) is 0 Å². The van der Waals surface area contributed by atoms with Crippen molar-refractivity contribution in [3.8, 4) is 5.75 Å². The van der Waals surface area contributed by atoms with Gasteiger partial charge in [-0.05, 0) is 31.4 Å². The van der Waals surface area contributed by atoms with Crippen molar-refractivity contribution in [2.45, 2.75) is 19.3 Å². The van der Waals surface area contributed by atoms with Crippen molar-refractivity contribution in [2.24, 2.45) is 5.73 Å². The first kappa shape index (κ1) is 13.5. The number of rotatable bonds is 3. The molecule has 1 aromatic rings. The van der Waals surface area contributed by atoms with Crippen LogP contribution in [0.1, 0.15) is 24.8 Å². The molecule has 1 aliphatic rings. The summed E-state index contributed by atoms with van der Waals surface area (Å²) in [6, 6.07) is 7.52. The highest BCUT2D eigenvalue weighted by Crippen LogP contribution is 2.20. The molecule has 0 atom stereocenters. The predicted octanol–water partition coefficient (Wildman–Crippen LogP) is 2.01. The van der Waals surface area contributed by atoms with Crippen molar-refractivity contribution in [3.05, 3.63) is 35.5 Å². The van der Waals surface area contributed by atoms with Crippen LogP contribution in [-0.4, -0.2) is 31.0 Å². The van der Waals surface area contributed by atoms with Gasteiger partial charge in [-0.3, -0.25) is 4.79 Å². The van der Waals surface area contributed by atoms with Gasteiger partial charge in [0.1, 0.15) is 5.75 Å². The number of carbonyl (C=O) groups is 1. The van der Waals surface area contributed by atoms with Gasteiger partial charge in [-0.2, -0.15) is 0 Å². The molecule has 0 aliphatic carbocycles. The Bertz CT molecular complexity index is 477. The maximum atomic E-state index is 12.2. The number of ether oxygens (including phenoxy) is 1.